The predicted molar refractivity (Wildman–Crippen MR) is 162 cm³/mol. The Morgan fingerprint density at radius 2 is 1.79 bits per heavy atom. The molecule has 0 saturated carbocycles. The first-order valence-electron chi connectivity index (χ1n) is 13.0. The van der Waals surface area contributed by atoms with Crippen molar-refractivity contribution in [3.8, 4) is 5.69 Å². The minimum absolute atomic E-state index is 0.0479. The molecule has 1 amide bonds. The van der Waals surface area contributed by atoms with Crippen LogP contribution in [0.2, 0.25) is 5.02 Å². The highest BCUT2D eigenvalue weighted by Crippen LogP contribution is 2.43. The zero-order valence-corrected chi connectivity index (χ0v) is 24.1. The average molecular weight is 558 g/mol. The number of aromatic nitrogens is 2. The Balaban J connectivity index is 1.52. The summed E-state index contributed by atoms with van der Waals surface area (Å²) in [6, 6.07) is 21.3. The van der Waals surface area contributed by atoms with Gasteiger partial charge in [-0.1, -0.05) is 41.9 Å². The van der Waals surface area contributed by atoms with E-state index in [1.54, 1.807) is 6.20 Å². The van der Waals surface area contributed by atoms with E-state index in [0.29, 0.717) is 23.1 Å². The molecule has 6 nitrogen and oxygen atoms in total. The maximum Gasteiger partial charge on any atom is 0.226 e. The van der Waals surface area contributed by atoms with Crippen molar-refractivity contribution in [2.75, 3.05) is 11.9 Å². The first-order valence-corrected chi connectivity index (χ1v) is 13.8. The average Bonchev–Trinajstić information content (AvgIpc) is 3.35. The molecule has 0 aliphatic carbocycles. The van der Waals surface area contributed by atoms with Crippen LogP contribution in [0.5, 0.6) is 0 Å². The Labute approximate surface area is 240 Å². The Hall–Kier alpha value is -3.68. The fourth-order valence-corrected chi connectivity index (χ4v) is 6.07. The van der Waals surface area contributed by atoms with Crippen molar-refractivity contribution >= 4 is 40.5 Å². The van der Waals surface area contributed by atoms with E-state index >= 15 is 0 Å². The number of halogens is 1. The molecule has 8 heteroatoms. The fraction of sp³-hybridized carbons (Fsp3) is 0.258. The lowest BCUT2D eigenvalue weighted by Crippen LogP contribution is -2.33. The molecule has 2 unspecified atom stereocenters. The van der Waals surface area contributed by atoms with Gasteiger partial charge in [0.2, 0.25) is 5.91 Å². The second-order valence-corrected chi connectivity index (χ2v) is 10.8. The van der Waals surface area contributed by atoms with Crippen molar-refractivity contribution < 1.29 is 4.79 Å². The number of pyridine rings is 1. The SMILES string of the molecule is Cc1ccccc1NC(=O)CCN1C(=S)NC(c2ccccn2)C1c1c(C)c(C)n(-c2cccc(Cl)c2)c1C. The summed E-state index contributed by atoms with van der Waals surface area (Å²) in [6.45, 7) is 8.87. The van der Waals surface area contributed by atoms with Gasteiger partial charge in [0.15, 0.2) is 5.11 Å². The van der Waals surface area contributed by atoms with Crippen molar-refractivity contribution in [2.24, 2.45) is 0 Å². The molecule has 0 spiro atoms. The number of carbonyl (C=O) groups excluding carboxylic acids is 1. The number of hydrogen-bond donors (Lipinski definition) is 2. The third-order valence-corrected chi connectivity index (χ3v) is 8.15. The van der Waals surface area contributed by atoms with Crippen LogP contribution in [0, 0.1) is 27.7 Å². The van der Waals surface area contributed by atoms with Gasteiger partial charge in [0, 0.05) is 52.5 Å². The van der Waals surface area contributed by atoms with Crippen molar-refractivity contribution in [2.45, 2.75) is 46.2 Å². The lowest BCUT2D eigenvalue weighted by Gasteiger charge is -2.29. The first-order chi connectivity index (χ1) is 18.8. The van der Waals surface area contributed by atoms with E-state index in [1.807, 2.05) is 67.6 Å². The molecule has 0 bridgehead atoms. The number of nitrogens with one attached hydrogen (secondary N) is 2. The van der Waals surface area contributed by atoms with Crippen LogP contribution in [-0.4, -0.2) is 32.0 Å². The molecule has 3 heterocycles. The Bertz CT molecular complexity index is 1530. The fourth-order valence-electron chi connectivity index (χ4n) is 5.55. The van der Waals surface area contributed by atoms with E-state index in [2.05, 4.69) is 51.9 Å². The summed E-state index contributed by atoms with van der Waals surface area (Å²) in [5, 5.41) is 7.87. The lowest BCUT2D eigenvalue weighted by molar-refractivity contribution is -0.116. The highest BCUT2D eigenvalue weighted by Gasteiger charge is 2.42. The number of carbonyl (C=O) groups is 1. The monoisotopic (exact) mass is 557 g/mol. The van der Waals surface area contributed by atoms with E-state index in [0.717, 1.165) is 34.0 Å². The third-order valence-electron chi connectivity index (χ3n) is 7.57. The highest BCUT2D eigenvalue weighted by molar-refractivity contribution is 7.80. The first kappa shape index (κ1) is 26.9. The molecule has 39 heavy (non-hydrogen) atoms. The largest absolute Gasteiger partial charge is 0.352 e. The third kappa shape index (κ3) is 5.29. The van der Waals surface area contributed by atoms with Crippen molar-refractivity contribution in [1.29, 1.82) is 0 Å². The molecule has 1 saturated heterocycles. The number of rotatable bonds is 7. The maximum atomic E-state index is 13.0. The summed E-state index contributed by atoms with van der Waals surface area (Å²) in [4.78, 5) is 19.8. The molecular weight excluding hydrogens is 526 g/mol. The lowest BCUT2D eigenvalue weighted by atomic mass is 9.93. The number of nitrogens with zero attached hydrogens (tertiary/aromatic N) is 3. The molecule has 2 atom stereocenters. The molecule has 1 aliphatic heterocycles. The Morgan fingerprint density at radius 3 is 2.51 bits per heavy atom. The number of benzene rings is 2. The van der Waals surface area contributed by atoms with E-state index in [4.69, 9.17) is 23.8 Å². The molecule has 1 aliphatic rings. The van der Waals surface area contributed by atoms with Crippen LogP contribution in [-0.2, 0) is 4.79 Å². The zero-order chi connectivity index (χ0) is 27.7. The zero-order valence-electron chi connectivity index (χ0n) is 22.5. The molecule has 2 N–H and O–H groups in total. The summed E-state index contributed by atoms with van der Waals surface area (Å²) in [5.41, 5.74) is 8.38. The van der Waals surface area contributed by atoms with Gasteiger partial charge in [0.25, 0.3) is 0 Å². The standard InChI is InChI=1S/C31H32ClN5OS/c1-19-10-5-6-13-25(19)34-27(38)15-17-36-30(29(35-31(36)39)26-14-7-8-16-33-26)28-20(2)21(3)37(22(28)4)24-12-9-11-23(32)18-24/h5-14,16,18,29-30H,15,17H2,1-4H3,(H,34,38)(H,35,39). The van der Waals surface area contributed by atoms with E-state index < -0.39 is 0 Å². The number of thiocarbonyl (C=S) groups is 1. The Kier molecular flexibility index (Phi) is 7.73. The number of hydrogen-bond acceptors (Lipinski definition) is 3. The smallest absolute Gasteiger partial charge is 0.226 e. The quantitative estimate of drug-likeness (QED) is 0.246. The molecule has 4 aromatic rings. The van der Waals surface area contributed by atoms with Crippen LogP contribution in [0.25, 0.3) is 5.69 Å². The normalized spacial score (nSPS) is 16.8. The van der Waals surface area contributed by atoms with Crippen LogP contribution >= 0.6 is 23.8 Å². The second-order valence-electron chi connectivity index (χ2n) is 9.96. The van der Waals surface area contributed by atoms with Crippen LogP contribution in [0.15, 0.2) is 72.9 Å². The highest BCUT2D eigenvalue weighted by atomic mass is 35.5. The van der Waals surface area contributed by atoms with Crippen LogP contribution in [0.4, 0.5) is 5.69 Å². The van der Waals surface area contributed by atoms with Crippen LogP contribution < -0.4 is 10.6 Å². The summed E-state index contributed by atoms with van der Waals surface area (Å²) in [5.74, 6) is -0.0479. The maximum absolute atomic E-state index is 13.0. The molecule has 2 aromatic carbocycles. The number of amides is 1. The second kappa shape index (κ2) is 11.2. The molecular formula is C31H32ClN5OS. The van der Waals surface area contributed by atoms with Gasteiger partial charge in [-0.25, -0.2) is 0 Å². The molecule has 1 fully saturated rings. The topological polar surface area (TPSA) is 62.2 Å². The van der Waals surface area contributed by atoms with Crippen LogP contribution in [0.3, 0.4) is 0 Å². The predicted octanol–water partition coefficient (Wildman–Crippen LogP) is 6.76. The number of aryl methyl sites for hydroxylation is 1. The summed E-state index contributed by atoms with van der Waals surface area (Å²) >= 11 is 12.2. The molecule has 5 rings (SSSR count). The summed E-state index contributed by atoms with van der Waals surface area (Å²) in [7, 11) is 0. The van der Waals surface area contributed by atoms with Gasteiger partial charge >= 0.3 is 0 Å². The van der Waals surface area contributed by atoms with Gasteiger partial charge in [-0.2, -0.15) is 0 Å². The molecule has 0 radical (unpaired) electrons. The van der Waals surface area contributed by atoms with Gasteiger partial charge < -0.3 is 20.1 Å². The summed E-state index contributed by atoms with van der Waals surface area (Å²) in [6.07, 6.45) is 2.10. The van der Waals surface area contributed by atoms with Gasteiger partial charge in [-0.3, -0.25) is 9.78 Å². The minimum Gasteiger partial charge on any atom is -0.352 e. The molecule has 200 valence electrons. The van der Waals surface area contributed by atoms with Gasteiger partial charge in [-0.05, 0) is 87.4 Å². The molecule has 2 aromatic heterocycles. The van der Waals surface area contributed by atoms with E-state index in [1.165, 1.54) is 11.1 Å². The minimum atomic E-state index is -0.162. The number of para-hydroxylation sites is 1. The number of anilines is 1. The Morgan fingerprint density at radius 1 is 1.03 bits per heavy atom. The van der Waals surface area contributed by atoms with E-state index in [9.17, 15) is 4.79 Å². The van der Waals surface area contributed by atoms with Crippen molar-refractivity contribution in [1.82, 2.24) is 19.8 Å². The van der Waals surface area contributed by atoms with Gasteiger partial charge in [0.1, 0.15) is 0 Å². The van der Waals surface area contributed by atoms with E-state index in [-0.39, 0.29) is 18.0 Å². The van der Waals surface area contributed by atoms with Gasteiger partial charge in [-0.15, -0.1) is 0 Å². The van der Waals surface area contributed by atoms with Crippen molar-refractivity contribution in [3.63, 3.8) is 0 Å². The summed E-state index contributed by atoms with van der Waals surface area (Å²) < 4.78 is 2.25. The van der Waals surface area contributed by atoms with Crippen molar-refractivity contribution in [3.05, 3.63) is 112 Å². The van der Waals surface area contributed by atoms with Crippen LogP contribution in [0.1, 0.15) is 52.3 Å². The van der Waals surface area contributed by atoms with Gasteiger partial charge in [0.05, 0.1) is 17.8 Å².